The summed E-state index contributed by atoms with van der Waals surface area (Å²) in [5, 5.41) is 11.8. The zero-order chi connectivity index (χ0) is 13.2. The molecule has 1 amide bonds. The van der Waals surface area contributed by atoms with E-state index in [1.54, 1.807) is 0 Å². The third-order valence-electron chi connectivity index (χ3n) is 3.38. The van der Waals surface area contributed by atoms with Crippen LogP contribution in [0.5, 0.6) is 0 Å². The van der Waals surface area contributed by atoms with Gasteiger partial charge in [0.1, 0.15) is 0 Å². The average Bonchev–Trinajstić information content (AvgIpc) is 2.39. The lowest BCUT2D eigenvalue weighted by molar-refractivity contribution is -0.122. The van der Waals surface area contributed by atoms with E-state index in [2.05, 4.69) is 11.4 Å². The van der Waals surface area contributed by atoms with Gasteiger partial charge in [0.05, 0.1) is 13.2 Å². The quantitative estimate of drug-likeness (QED) is 0.642. The monoisotopic (exact) mass is 254 g/mol. The van der Waals surface area contributed by atoms with Gasteiger partial charge in [-0.05, 0) is 38.6 Å². The van der Waals surface area contributed by atoms with Crippen molar-refractivity contribution in [1.82, 2.24) is 10.2 Å². The van der Waals surface area contributed by atoms with Gasteiger partial charge in [0.15, 0.2) is 0 Å². The summed E-state index contributed by atoms with van der Waals surface area (Å²) >= 11 is 0. The van der Waals surface area contributed by atoms with Crippen molar-refractivity contribution in [1.29, 1.82) is 0 Å². The average molecular weight is 254 g/mol. The molecule has 0 saturated carbocycles. The highest BCUT2D eigenvalue weighted by atomic mass is 16.3. The van der Waals surface area contributed by atoms with Crippen LogP contribution in [0.3, 0.4) is 0 Å². The maximum Gasteiger partial charge on any atom is 0.234 e. The molecule has 0 aromatic carbocycles. The second kappa shape index (κ2) is 9.11. The first-order valence-electron chi connectivity index (χ1n) is 7.04. The van der Waals surface area contributed by atoms with Crippen molar-refractivity contribution in [2.45, 2.75) is 39.0 Å². The molecule has 0 heterocycles. The molecule has 0 atom stereocenters. The van der Waals surface area contributed by atoms with Crippen molar-refractivity contribution in [3.8, 4) is 0 Å². The molecule has 2 N–H and O–H groups in total. The molecule has 0 bridgehead atoms. The van der Waals surface area contributed by atoms with E-state index in [0.717, 1.165) is 19.5 Å². The second-order valence-electron chi connectivity index (χ2n) is 4.80. The number of aliphatic hydroxyl groups is 1. The Labute approximate surface area is 110 Å². The first kappa shape index (κ1) is 15.2. The van der Waals surface area contributed by atoms with Crippen LogP contribution in [0.1, 0.15) is 39.0 Å². The fraction of sp³-hybridized carbons (Fsp3) is 0.786. The van der Waals surface area contributed by atoms with Crippen molar-refractivity contribution in [2.24, 2.45) is 0 Å². The molecule has 104 valence electrons. The lowest BCUT2D eigenvalue weighted by Crippen LogP contribution is -2.38. The van der Waals surface area contributed by atoms with Gasteiger partial charge in [-0.1, -0.05) is 18.6 Å². The number of nitrogens with one attached hydrogen (secondary N) is 1. The number of hydrogen-bond donors (Lipinski definition) is 2. The smallest absolute Gasteiger partial charge is 0.234 e. The molecule has 0 radical (unpaired) electrons. The second-order valence-corrected chi connectivity index (χ2v) is 4.80. The molecule has 0 unspecified atom stereocenters. The largest absolute Gasteiger partial charge is 0.395 e. The molecular weight excluding hydrogens is 228 g/mol. The number of carbonyl (C=O) groups is 1. The first-order chi connectivity index (χ1) is 8.76. The highest BCUT2D eigenvalue weighted by Crippen LogP contribution is 2.19. The lowest BCUT2D eigenvalue weighted by Gasteiger charge is -2.18. The molecule has 0 aliphatic heterocycles. The minimum absolute atomic E-state index is 0.0571. The van der Waals surface area contributed by atoms with Crippen LogP contribution in [0.25, 0.3) is 0 Å². The van der Waals surface area contributed by atoms with Gasteiger partial charge in [0.2, 0.25) is 5.91 Å². The van der Waals surface area contributed by atoms with Crippen molar-refractivity contribution >= 4 is 5.91 Å². The summed E-state index contributed by atoms with van der Waals surface area (Å²) in [6.45, 7) is 4.58. The minimum Gasteiger partial charge on any atom is -0.395 e. The van der Waals surface area contributed by atoms with Crippen LogP contribution in [-0.2, 0) is 4.79 Å². The van der Waals surface area contributed by atoms with Crippen LogP contribution in [0.15, 0.2) is 11.6 Å². The summed E-state index contributed by atoms with van der Waals surface area (Å²) in [5.74, 6) is 0.0571. The predicted octanol–water partition coefficient (Wildman–Crippen LogP) is 1.31. The zero-order valence-electron chi connectivity index (χ0n) is 11.5. The van der Waals surface area contributed by atoms with Crippen molar-refractivity contribution < 1.29 is 9.90 Å². The summed E-state index contributed by atoms with van der Waals surface area (Å²) in [4.78, 5) is 13.6. The molecule has 0 aromatic heterocycles. The van der Waals surface area contributed by atoms with Crippen LogP contribution in [0.4, 0.5) is 0 Å². The fourth-order valence-electron chi connectivity index (χ4n) is 2.24. The van der Waals surface area contributed by atoms with Crippen LogP contribution < -0.4 is 5.32 Å². The van der Waals surface area contributed by atoms with Crippen molar-refractivity contribution in [2.75, 3.05) is 32.8 Å². The number of likely N-dealkylation sites (N-methyl/N-ethyl adjacent to an activating group) is 1. The molecule has 0 aromatic rings. The van der Waals surface area contributed by atoms with Gasteiger partial charge in [-0.2, -0.15) is 0 Å². The molecule has 1 rings (SSSR count). The Morgan fingerprint density at radius 3 is 2.94 bits per heavy atom. The Balaban J connectivity index is 2.14. The van der Waals surface area contributed by atoms with Crippen LogP contribution in [0.2, 0.25) is 0 Å². The summed E-state index contributed by atoms with van der Waals surface area (Å²) in [7, 11) is 0. The molecule has 4 nitrogen and oxygen atoms in total. The van der Waals surface area contributed by atoms with E-state index in [9.17, 15) is 4.79 Å². The molecule has 18 heavy (non-hydrogen) atoms. The van der Waals surface area contributed by atoms with Gasteiger partial charge >= 0.3 is 0 Å². The first-order valence-corrected chi connectivity index (χ1v) is 7.04. The van der Waals surface area contributed by atoms with E-state index < -0.39 is 0 Å². The number of aliphatic hydroxyl groups excluding tert-OH is 1. The fourth-order valence-corrected chi connectivity index (χ4v) is 2.24. The van der Waals surface area contributed by atoms with E-state index in [0.29, 0.717) is 13.1 Å². The SMILES string of the molecule is CCN(CCO)CC(=O)NCCC1=CCCCC1. The highest BCUT2D eigenvalue weighted by Gasteiger charge is 2.08. The summed E-state index contributed by atoms with van der Waals surface area (Å²) in [6, 6.07) is 0. The van der Waals surface area contributed by atoms with Gasteiger partial charge < -0.3 is 10.4 Å². The Kier molecular flexibility index (Phi) is 7.69. The van der Waals surface area contributed by atoms with E-state index >= 15 is 0 Å². The molecule has 0 saturated heterocycles. The van der Waals surface area contributed by atoms with E-state index in [4.69, 9.17) is 5.11 Å². The van der Waals surface area contributed by atoms with Crippen LogP contribution >= 0.6 is 0 Å². The lowest BCUT2D eigenvalue weighted by atomic mass is 9.97. The Morgan fingerprint density at radius 2 is 2.33 bits per heavy atom. The zero-order valence-corrected chi connectivity index (χ0v) is 11.5. The molecule has 0 spiro atoms. The third kappa shape index (κ3) is 6.17. The summed E-state index contributed by atoms with van der Waals surface area (Å²) in [6.07, 6.45) is 8.30. The van der Waals surface area contributed by atoms with Crippen molar-refractivity contribution in [3.05, 3.63) is 11.6 Å². The third-order valence-corrected chi connectivity index (χ3v) is 3.38. The van der Waals surface area contributed by atoms with Gasteiger partial charge in [-0.25, -0.2) is 0 Å². The van der Waals surface area contributed by atoms with Crippen LogP contribution in [-0.4, -0.2) is 48.7 Å². The summed E-state index contributed by atoms with van der Waals surface area (Å²) in [5.41, 5.74) is 1.49. The number of allylic oxidation sites excluding steroid dienone is 1. The topological polar surface area (TPSA) is 52.6 Å². The van der Waals surface area contributed by atoms with Gasteiger partial charge in [0, 0.05) is 13.1 Å². The number of carbonyl (C=O) groups excluding carboxylic acids is 1. The number of hydrogen-bond acceptors (Lipinski definition) is 3. The minimum atomic E-state index is 0.0571. The standard InChI is InChI=1S/C14H26N2O2/c1-2-16(10-11-17)12-14(18)15-9-8-13-6-4-3-5-7-13/h6,17H,2-5,7-12H2,1H3,(H,15,18). The molecule has 1 aliphatic carbocycles. The predicted molar refractivity (Wildman–Crippen MR) is 73.4 cm³/mol. The van der Waals surface area contributed by atoms with E-state index in [1.807, 2.05) is 11.8 Å². The summed E-state index contributed by atoms with van der Waals surface area (Å²) < 4.78 is 0. The van der Waals surface area contributed by atoms with Gasteiger partial charge in [0.25, 0.3) is 0 Å². The Bertz CT molecular complexity index is 277. The Morgan fingerprint density at radius 1 is 1.50 bits per heavy atom. The van der Waals surface area contributed by atoms with Gasteiger partial charge in [-0.15, -0.1) is 0 Å². The van der Waals surface area contributed by atoms with Crippen LogP contribution in [0, 0.1) is 0 Å². The van der Waals surface area contributed by atoms with Gasteiger partial charge in [-0.3, -0.25) is 9.69 Å². The van der Waals surface area contributed by atoms with E-state index in [1.165, 1.54) is 31.3 Å². The molecular formula is C14H26N2O2. The maximum atomic E-state index is 11.7. The molecule has 4 heteroatoms. The normalized spacial score (nSPS) is 15.6. The number of amides is 1. The number of nitrogens with zero attached hydrogens (tertiary/aromatic N) is 1. The molecule has 0 fully saturated rings. The van der Waals surface area contributed by atoms with E-state index in [-0.39, 0.29) is 12.5 Å². The number of rotatable bonds is 8. The maximum absolute atomic E-state index is 11.7. The molecule has 1 aliphatic rings. The van der Waals surface area contributed by atoms with Crippen molar-refractivity contribution in [3.63, 3.8) is 0 Å². The Hall–Kier alpha value is -0.870. The highest BCUT2D eigenvalue weighted by molar-refractivity contribution is 5.77.